The second-order valence-electron chi connectivity index (χ2n) is 10.5. The van der Waals surface area contributed by atoms with Crippen LogP contribution in [0.15, 0.2) is 42.5 Å². The van der Waals surface area contributed by atoms with Crippen molar-refractivity contribution in [2.75, 3.05) is 13.1 Å². The van der Waals surface area contributed by atoms with E-state index in [1.807, 2.05) is 13.8 Å². The maximum atomic E-state index is 12.8. The number of hydrogen-bond acceptors (Lipinski definition) is 2. The number of fused-ring (bicyclic) bond motifs is 1. The van der Waals surface area contributed by atoms with Crippen LogP contribution in [0, 0.1) is 23.5 Å². The van der Waals surface area contributed by atoms with Crippen molar-refractivity contribution in [2.45, 2.75) is 85.7 Å². The van der Waals surface area contributed by atoms with Crippen LogP contribution in [0.4, 0.5) is 13.2 Å². The van der Waals surface area contributed by atoms with Gasteiger partial charge in [-0.15, -0.1) is 0 Å². The lowest BCUT2D eigenvalue weighted by molar-refractivity contribution is 0.0877. The monoisotopic (exact) mass is 530 g/mol. The molecule has 210 valence electrons. The number of alkyl halides is 1. The Balaban J connectivity index is 0.000000225. The SMILES string of the molecule is CCC(F)CC.CCCCCc1[nH]c2ccccc2c1CC(C)C.O=C(c1cc(F)cc(F)c1)C1CNC1. The normalized spacial score (nSPS) is 13.1. The largest absolute Gasteiger partial charge is 0.358 e. The van der Waals surface area contributed by atoms with Crippen molar-refractivity contribution >= 4 is 16.7 Å². The molecule has 0 atom stereocenters. The summed E-state index contributed by atoms with van der Waals surface area (Å²) in [6.07, 6.45) is 7.07. The summed E-state index contributed by atoms with van der Waals surface area (Å²) in [6.45, 7) is 11.8. The molecule has 1 aliphatic rings. The maximum Gasteiger partial charge on any atom is 0.168 e. The van der Waals surface area contributed by atoms with Crippen molar-refractivity contribution in [3.8, 4) is 0 Å². The van der Waals surface area contributed by atoms with Gasteiger partial charge >= 0.3 is 0 Å². The summed E-state index contributed by atoms with van der Waals surface area (Å²) < 4.78 is 37.4. The standard InChI is InChI=1S/C17H25N.C10H9F2NO.C5H11F/c1-4-5-6-10-17-15(12-13(2)3)14-9-7-8-11-16(14)18-17;11-8-1-6(2-9(12)3-8)10(14)7-4-13-5-7;1-3-5(6)4-2/h7-9,11,13,18H,4-6,10,12H2,1-3H3;1-3,7,13H,4-5H2;5H,3-4H2,1-2H3. The number of para-hydroxylation sites is 1. The lowest BCUT2D eigenvalue weighted by Crippen LogP contribution is -2.46. The van der Waals surface area contributed by atoms with Crippen molar-refractivity contribution in [1.82, 2.24) is 10.3 Å². The Labute approximate surface area is 226 Å². The highest BCUT2D eigenvalue weighted by molar-refractivity contribution is 5.98. The Morgan fingerprint density at radius 2 is 1.61 bits per heavy atom. The van der Waals surface area contributed by atoms with Gasteiger partial charge in [-0.2, -0.15) is 0 Å². The summed E-state index contributed by atoms with van der Waals surface area (Å²) in [6, 6.07) is 11.6. The molecular weight excluding hydrogens is 485 g/mol. The lowest BCUT2D eigenvalue weighted by Gasteiger charge is -2.25. The van der Waals surface area contributed by atoms with Crippen molar-refractivity contribution in [3.05, 3.63) is 70.9 Å². The number of nitrogens with one attached hydrogen (secondary N) is 2. The van der Waals surface area contributed by atoms with E-state index < -0.39 is 17.8 Å². The van der Waals surface area contributed by atoms with Gasteiger partial charge in [-0.05, 0) is 61.8 Å². The van der Waals surface area contributed by atoms with Gasteiger partial charge in [-0.3, -0.25) is 4.79 Å². The van der Waals surface area contributed by atoms with E-state index in [1.165, 1.54) is 48.7 Å². The molecule has 0 saturated carbocycles. The van der Waals surface area contributed by atoms with E-state index in [4.69, 9.17) is 0 Å². The highest BCUT2D eigenvalue weighted by atomic mass is 19.1. The van der Waals surface area contributed by atoms with Crippen LogP contribution in [0.5, 0.6) is 0 Å². The number of H-pyrrole nitrogens is 1. The molecule has 4 rings (SSSR count). The average molecular weight is 531 g/mol. The van der Waals surface area contributed by atoms with Crippen LogP contribution in [0.2, 0.25) is 0 Å². The summed E-state index contributed by atoms with van der Waals surface area (Å²) >= 11 is 0. The molecule has 1 saturated heterocycles. The molecule has 0 bridgehead atoms. The van der Waals surface area contributed by atoms with Gasteiger partial charge in [0, 0.05) is 47.2 Å². The minimum Gasteiger partial charge on any atom is -0.358 e. The Bertz CT molecular complexity index is 1100. The summed E-state index contributed by atoms with van der Waals surface area (Å²) in [5.41, 5.74) is 4.45. The fraction of sp³-hybridized carbons (Fsp3) is 0.531. The topological polar surface area (TPSA) is 44.9 Å². The molecule has 2 N–H and O–H groups in total. The van der Waals surface area contributed by atoms with Gasteiger partial charge in [-0.1, -0.05) is 65.7 Å². The molecule has 1 aliphatic heterocycles. The van der Waals surface area contributed by atoms with E-state index >= 15 is 0 Å². The third kappa shape index (κ3) is 9.94. The summed E-state index contributed by atoms with van der Waals surface area (Å²) in [7, 11) is 0. The highest BCUT2D eigenvalue weighted by Crippen LogP contribution is 2.26. The van der Waals surface area contributed by atoms with E-state index in [-0.39, 0.29) is 17.3 Å². The van der Waals surface area contributed by atoms with Crippen LogP contribution in [-0.2, 0) is 12.8 Å². The van der Waals surface area contributed by atoms with E-state index in [9.17, 15) is 18.0 Å². The number of aryl methyl sites for hydroxylation is 1. The molecule has 0 unspecified atom stereocenters. The summed E-state index contributed by atoms with van der Waals surface area (Å²) in [5, 5.41) is 4.36. The molecule has 1 fully saturated rings. The number of aromatic amines is 1. The first-order valence-electron chi connectivity index (χ1n) is 14.1. The molecule has 0 spiro atoms. The third-order valence-corrected chi connectivity index (χ3v) is 6.73. The number of carbonyl (C=O) groups excluding carboxylic acids is 1. The number of carbonyl (C=O) groups is 1. The zero-order chi connectivity index (χ0) is 28.1. The molecule has 6 heteroatoms. The van der Waals surface area contributed by atoms with Crippen LogP contribution < -0.4 is 5.32 Å². The smallest absolute Gasteiger partial charge is 0.168 e. The number of benzene rings is 2. The van der Waals surface area contributed by atoms with E-state index in [0.717, 1.165) is 18.2 Å². The first kappa shape index (κ1) is 31.6. The molecule has 3 aromatic rings. The molecular formula is C32H45F3N2O. The van der Waals surface area contributed by atoms with Gasteiger partial charge in [0.25, 0.3) is 0 Å². The van der Waals surface area contributed by atoms with Crippen LogP contribution in [0.25, 0.3) is 10.9 Å². The summed E-state index contributed by atoms with van der Waals surface area (Å²) in [4.78, 5) is 15.2. The lowest BCUT2D eigenvalue weighted by atomic mass is 9.93. The average Bonchev–Trinajstić information content (AvgIpc) is 3.19. The Hall–Kier alpha value is -2.60. The molecule has 2 aromatic carbocycles. The summed E-state index contributed by atoms with van der Waals surface area (Å²) in [5.74, 6) is -1.02. The van der Waals surface area contributed by atoms with Crippen LogP contribution in [-0.4, -0.2) is 30.0 Å². The fourth-order valence-electron chi connectivity index (χ4n) is 4.36. The van der Waals surface area contributed by atoms with E-state index in [0.29, 0.717) is 31.8 Å². The van der Waals surface area contributed by atoms with Crippen molar-refractivity contribution in [2.24, 2.45) is 11.8 Å². The number of Topliss-reactive ketones (excluding diaryl/α,β-unsaturated/α-hetero) is 1. The molecule has 38 heavy (non-hydrogen) atoms. The quantitative estimate of drug-likeness (QED) is 0.204. The maximum absolute atomic E-state index is 12.8. The van der Waals surface area contributed by atoms with Crippen LogP contribution >= 0.6 is 0 Å². The van der Waals surface area contributed by atoms with Crippen LogP contribution in [0.1, 0.15) is 88.3 Å². The zero-order valence-corrected chi connectivity index (χ0v) is 23.7. The van der Waals surface area contributed by atoms with Gasteiger partial charge in [0.2, 0.25) is 0 Å². The predicted molar refractivity (Wildman–Crippen MR) is 153 cm³/mol. The minimum atomic E-state index is -0.708. The van der Waals surface area contributed by atoms with Gasteiger partial charge in [0.15, 0.2) is 5.78 Å². The predicted octanol–water partition coefficient (Wildman–Crippen LogP) is 8.61. The second kappa shape index (κ2) is 16.4. The number of hydrogen-bond donors (Lipinski definition) is 2. The molecule has 2 heterocycles. The Morgan fingerprint density at radius 3 is 2.11 bits per heavy atom. The molecule has 0 amide bonds. The van der Waals surface area contributed by atoms with Gasteiger partial charge in [0.05, 0.1) is 6.17 Å². The Morgan fingerprint density at radius 1 is 0.974 bits per heavy atom. The zero-order valence-electron chi connectivity index (χ0n) is 23.7. The second-order valence-corrected chi connectivity index (χ2v) is 10.5. The van der Waals surface area contributed by atoms with Gasteiger partial charge in [0.1, 0.15) is 11.6 Å². The van der Waals surface area contributed by atoms with Crippen molar-refractivity contribution in [1.29, 1.82) is 0 Å². The number of aromatic nitrogens is 1. The first-order chi connectivity index (χ1) is 18.2. The van der Waals surface area contributed by atoms with Crippen LogP contribution in [0.3, 0.4) is 0 Å². The molecule has 0 radical (unpaired) electrons. The fourth-order valence-corrected chi connectivity index (χ4v) is 4.36. The molecule has 3 nitrogen and oxygen atoms in total. The first-order valence-corrected chi connectivity index (χ1v) is 14.1. The third-order valence-electron chi connectivity index (χ3n) is 6.73. The highest BCUT2D eigenvalue weighted by Gasteiger charge is 2.26. The van der Waals surface area contributed by atoms with Crippen molar-refractivity contribution < 1.29 is 18.0 Å². The van der Waals surface area contributed by atoms with Crippen molar-refractivity contribution in [3.63, 3.8) is 0 Å². The Kier molecular flexibility index (Phi) is 13.6. The van der Waals surface area contributed by atoms with Gasteiger partial charge < -0.3 is 10.3 Å². The van der Waals surface area contributed by atoms with E-state index in [2.05, 4.69) is 55.3 Å². The number of rotatable bonds is 10. The number of unbranched alkanes of at least 4 members (excludes halogenated alkanes) is 2. The molecule has 0 aliphatic carbocycles. The minimum absolute atomic E-state index is 0.119. The van der Waals surface area contributed by atoms with Gasteiger partial charge in [-0.25, -0.2) is 13.2 Å². The van der Waals surface area contributed by atoms with E-state index in [1.54, 1.807) is 5.56 Å². The molecule has 1 aromatic heterocycles. The number of halogens is 3. The number of ketones is 1.